The van der Waals surface area contributed by atoms with Crippen molar-refractivity contribution in [2.75, 3.05) is 5.32 Å². The van der Waals surface area contributed by atoms with Gasteiger partial charge in [0.2, 0.25) is 0 Å². The van der Waals surface area contributed by atoms with Crippen LogP contribution in [0.2, 0.25) is 5.02 Å². The first-order valence-corrected chi connectivity index (χ1v) is 5.23. The average Bonchev–Trinajstić information content (AvgIpc) is 2.06. The van der Waals surface area contributed by atoms with Gasteiger partial charge in [-0.3, -0.25) is 0 Å². The number of halogens is 2. The minimum atomic E-state index is -0.459. The largest absolute Gasteiger partial charge is 0.370 e. The number of hydrogen-bond donors (Lipinski definition) is 2. The Morgan fingerprint density at radius 3 is 2.56 bits per heavy atom. The van der Waals surface area contributed by atoms with E-state index in [1.807, 2.05) is 20.8 Å². The van der Waals surface area contributed by atoms with Gasteiger partial charge in [-0.1, -0.05) is 11.6 Å². The molecule has 0 heterocycles. The Kier molecular flexibility index (Phi) is 3.75. The maximum absolute atomic E-state index is 13.4. The van der Waals surface area contributed by atoms with Crippen LogP contribution in [-0.2, 0) is 0 Å². The maximum atomic E-state index is 13.4. The fourth-order valence-electron chi connectivity index (χ4n) is 1.12. The van der Waals surface area contributed by atoms with E-state index in [-0.39, 0.29) is 17.2 Å². The number of anilines is 1. The molecule has 3 N–H and O–H groups in total. The van der Waals surface area contributed by atoms with Crippen molar-refractivity contribution < 1.29 is 4.39 Å². The average molecular weight is 244 g/mol. The summed E-state index contributed by atoms with van der Waals surface area (Å²) in [6.07, 6.45) is 0. The molecule has 1 aromatic rings. The van der Waals surface area contributed by atoms with E-state index in [1.165, 1.54) is 12.1 Å². The second kappa shape index (κ2) is 4.70. The summed E-state index contributed by atoms with van der Waals surface area (Å²) in [7, 11) is 0. The number of nitrogens with zero attached hydrogens (tertiary/aromatic N) is 1. The van der Waals surface area contributed by atoms with Gasteiger partial charge in [-0.25, -0.2) is 9.38 Å². The molecule has 0 saturated heterocycles. The molecule has 0 fully saturated rings. The van der Waals surface area contributed by atoms with Crippen molar-refractivity contribution in [2.24, 2.45) is 10.7 Å². The molecule has 3 nitrogen and oxygen atoms in total. The lowest BCUT2D eigenvalue weighted by atomic mass is 10.1. The molecule has 0 amide bonds. The van der Waals surface area contributed by atoms with Gasteiger partial charge in [-0.2, -0.15) is 0 Å². The molecule has 5 heteroatoms. The first-order chi connectivity index (χ1) is 7.28. The Labute approximate surface area is 99.5 Å². The third kappa shape index (κ3) is 4.06. The monoisotopic (exact) mass is 243 g/mol. The lowest BCUT2D eigenvalue weighted by Gasteiger charge is -2.14. The number of aliphatic imine (C=N–C) groups is 1. The molecule has 0 atom stereocenters. The Morgan fingerprint density at radius 1 is 1.44 bits per heavy atom. The Morgan fingerprint density at radius 2 is 2.06 bits per heavy atom. The topological polar surface area (TPSA) is 50.4 Å². The molecule has 0 unspecified atom stereocenters. The lowest BCUT2D eigenvalue weighted by molar-refractivity contribution is 0.582. The molecule has 0 bridgehead atoms. The number of nitrogens with two attached hydrogens (primary N) is 1. The summed E-state index contributed by atoms with van der Waals surface area (Å²) in [6.45, 7) is 5.71. The van der Waals surface area contributed by atoms with Gasteiger partial charge >= 0.3 is 0 Å². The molecule has 0 radical (unpaired) electrons. The molecule has 0 aliphatic rings. The highest BCUT2D eigenvalue weighted by Crippen LogP contribution is 2.18. The summed E-state index contributed by atoms with van der Waals surface area (Å²) in [5.41, 5.74) is 5.59. The van der Waals surface area contributed by atoms with Crippen LogP contribution in [0.1, 0.15) is 20.8 Å². The zero-order valence-electron chi connectivity index (χ0n) is 9.51. The van der Waals surface area contributed by atoms with Crippen LogP contribution < -0.4 is 11.1 Å². The van der Waals surface area contributed by atoms with Crippen LogP contribution in [-0.4, -0.2) is 11.5 Å². The highest BCUT2D eigenvalue weighted by Gasteiger charge is 2.09. The van der Waals surface area contributed by atoms with Crippen LogP contribution in [0.15, 0.2) is 23.2 Å². The Bertz CT molecular complexity index is 410. The second-order valence-electron chi connectivity index (χ2n) is 4.42. The van der Waals surface area contributed by atoms with Crippen molar-refractivity contribution in [3.63, 3.8) is 0 Å². The van der Waals surface area contributed by atoms with Gasteiger partial charge in [-0.05, 0) is 39.0 Å². The van der Waals surface area contributed by atoms with Gasteiger partial charge in [0.05, 0.1) is 11.2 Å². The van der Waals surface area contributed by atoms with Crippen LogP contribution in [0.5, 0.6) is 0 Å². The first kappa shape index (κ1) is 12.8. The molecule has 16 heavy (non-hydrogen) atoms. The molecule has 0 aromatic heterocycles. The summed E-state index contributed by atoms with van der Waals surface area (Å²) in [4.78, 5) is 4.15. The van der Waals surface area contributed by atoms with E-state index in [4.69, 9.17) is 17.3 Å². The second-order valence-corrected chi connectivity index (χ2v) is 4.85. The number of benzene rings is 1. The van der Waals surface area contributed by atoms with Crippen LogP contribution in [0.3, 0.4) is 0 Å². The third-order valence-electron chi connectivity index (χ3n) is 1.65. The minimum absolute atomic E-state index is 0.175. The standard InChI is InChI=1S/C11H15ClFN3/c1-11(2,3)16-10(14)15-9-5-4-7(12)6-8(9)13/h4-6H,1-3H3,(H3,14,15,16). The van der Waals surface area contributed by atoms with Gasteiger partial charge in [0.1, 0.15) is 5.82 Å². The predicted molar refractivity (Wildman–Crippen MR) is 66.4 cm³/mol. The predicted octanol–water partition coefficient (Wildman–Crippen LogP) is 3.00. The van der Waals surface area contributed by atoms with Crippen molar-refractivity contribution in [1.82, 2.24) is 0 Å². The molecular weight excluding hydrogens is 229 g/mol. The molecular formula is C11H15ClFN3. The summed E-state index contributed by atoms with van der Waals surface area (Å²) in [5.74, 6) is -0.284. The van der Waals surface area contributed by atoms with Crippen molar-refractivity contribution in [3.05, 3.63) is 29.0 Å². The van der Waals surface area contributed by atoms with Crippen LogP contribution in [0.4, 0.5) is 10.1 Å². The van der Waals surface area contributed by atoms with Gasteiger partial charge in [0.25, 0.3) is 0 Å². The van der Waals surface area contributed by atoms with E-state index >= 15 is 0 Å². The number of guanidine groups is 1. The van der Waals surface area contributed by atoms with E-state index in [2.05, 4.69) is 10.3 Å². The van der Waals surface area contributed by atoms with Gasteiger partial charge < -0.3 is 11.1 Å². The molecule has 1 aromatic carbocycles. The number of nitrogens with one attached hydrogen (secondary N) is 1. The normalized spacial score (nSPS) is 12.7. The van der Waals surface area contributed by atoms with Crippen molar-refractivity contribution in [3.8, 4) is 0 Å². The minimum Gasteiger partial charge on any atom is -0.370 e. The maximum Gasteiger partial charge on any atom is 0.193 e. The SMILES string of the molecule is CC(C)(C)N=C(N)Nc1ccc(Cl)cc1F. The van der Waals surface area contributed by atoms with E-state index in [9.17, 15) is 4.39 Å². The lowest BCUT2D eigenvalue weighted by Crippen LogP contribution is -2.27. The van der Waals surface area contributed by atoms with Crippen LogP contribution in [0.25, 0.3) is 0 Å². The zero-order chi connectivity index (χ0) is 12.3. The van der Waals surface area contributed by atoms with Crippen molar-refractivity contribution >= 4 is 23.2 Å². The fraction of sp³-hybridized carbons (Fsp3) is 0.364. The summed E-state index contributed by atoms with van der Waals surface area (Å²) in [5, 5.41) is 3.03. The molecule has 0 saturated carbocycles. The summed E-state index contributed by atoms with van der Waals surface area (Å²) >= 11 is 5.63. The highest BCUT2D eigenvalue weighted by molar-refractivity contribution is 6.30. The van der Waals surface area contributed by atoms with E-state index in [0.29, 0.717) is 5.02 Å². The number of rotatable bonds is 1. The smallest absolute Gasteiger partial charge is 0.193 e. The molecule has 1 rings (SSSR count). The first-order valence-electron chi connectivity index (χ1n) is 4.85. The zero-order valence-corrected chi connectivity index (χ0v) is 10.3. The van der Waals surface area contributed by atoms with E-state index < -0.39 is 5.82 Å². The Balaban J connectivity index is 2.85. The van der Waals surface area contributed by atoms with Crippen molar-refractivity contribution in [1.29, 1.82) is 0 Å². The van der Waals surface area contributed by atoms with Crippen LogP contribution in [0, 0.1) is 5.82 Å². The molecule has 88 valence electrons. The Hall–Kier alpha value is -1.29. The summed E-state index contributed by atoms with van der Waals surface area (Å²) in [6, 6.07) is 4.31. The fourth-order valence-corrected chi connectivity index (χ4v) is 1.28. The van der Waals surface area contributed by atoms with E-state index in [0.717, 1.165) is 0 Å². The van der Waals surface area contributed by atoms with Gasteiger partial charge in [0.15, 0.2) is 5.96 Å². The third-order valence-corrected chi connectivity index (χ3v) is 1.88. The molecule has 0 aliphatic heterocycles. The quantitative estimate of drug-likeness (QED) is 0.589. The summed E-state index contributed by atoms with van der Waals surface area (Å²) < 4.78 is 13.4. The van der Waals surface area contributed by atoms with Gasteiger partial charge in [-0.15, -0.1) is 0 Å². The van der Waals surface area contributed by atoms with Crippen LogP contribution >= 0.6 is 11.6 Å². The van der Waals surface area contributed by atoms with Gasteiger partial charge in [0, 0.05) is 5.02 Å². The highest BCUT2D eigenvalue weighted by atomic mass is 35.5. The molecule has 0 aliphatic carbocycles. The van der Waals surface area contributed by atoms with E-state index in [1.54, 1.807) is 6.07 Å². The number of hydrogen-bond acceptors (Lipinski definition) is 1. The van der Waals surface area contributed by atoms with Crippen molar-refractivity contribution in [2.45, 2.75) is 26.3 Å². The molecule has 0 spiro atoms.